The number of hydrogen-bond acceptors (Lipinski definition) is 1. The Morgan fingerprint density at radius 3 is 2.31 bits per heavy atom. The average Bonchev–Trinajstić information content (AvgIpc) is 3.24. The number of benzene rings is 3. The summed E-state index contributed by atoms with van der Waals surface area (Å²) in [5.41, 5.74) is 8.84. The van der Waals surface area contributed by atoms with Crippen LogP contribution in [0.1, 0.15) is 37.7 Å². The Labute approximate surface area is 208 Å². The smallest absolute Gasteiger partial charge is 0.145 e. The van der Waals surface area contributed by atoms with Crippen molar-refractivity contribution >= 4 is 39.0 Å². The first-order valence-corrected chi connectivity index (χ1v) is 12.2. The molecule has 3 aromatic carbocycles. The normalized spacial score (nSPS) is 11.7. The molecule has 5 aromatic rings. The highest BCUT2D eigenvalue weighted by Gasteiger charge is 2.16. The highest BCUT2D eigenvalue weighted by atomic mass is 15.0. The van der Waals surface area contributed by atoms with Crippen molar-refractivity contribution < 1.29 is 0 Å². The molecule has 0 aliphatic rings. The van der Waals surface area contributed by atoms with E-state index in [1.807, 2.05) is 32.9 Å². The summed E-state index contributed by atoms with van der Waals surface area (Å²) in [4.78, 5) is 4.98. The minimum Gasteiger partial charge on any atom is -0.292 e. The molecule has 2 heterocycles. The van der Waals surface area contributed by atoms with Crippen LogP contribution in [0, 0.1) is 6.92 Å². The van der Waals surface area contributed by atoms with Crippen LogP contribution in [-0.2, 0) is 0 Å². The number of nitrogens with zero attached hydrogens (tertiary/aromatic N) is 2. The summed E-state index contributed by atoms with van der Waals surface area (Å²) >= 11 is 0. The molecule has 0 bridgehead atoms. The summed E-state index contributed by atoms with van der Waals surface area (Å²) < 4.78 is 2.29. The Balaban J connectivity index is 0.00000141. The number of aryl methyl sites for hydroxylation is 1. The SMILES string of the molecule is C=C/C=C(\C=C)c1ccc2c(c1)c1cc(-c3ccccc3)ccc1n1c(/C=C\C)c(C)nc21.CC. The molecular weight excluding hydrogens is 424 g/mol. The molecule has 2 nitrogen and oxygen atoms in total. The third-order valence-corrected chi connectivity index (χ3v) is 6.17. The Bertz CT molecular complexity index is 1600. The fourth-order valence-corrected chi connectivity index (χ4v) is 4.63. The zero-order valence-corrected chi connectivity index (χ0v) is 21.0. The number of hydrogen-bond donors (Lipinski definition) is 0. The van der Waals surface area contributed by atoms with Gasteiger partial charge in [0.2, 0.25) is 0 Å². The molecule has 174 valence electrons. The number of rotatable bonds is 5. The number of imidazole rings is 1. The van der Waals surface area contributed by atoms with E-state index < -0.39 is 0 Å². The summed E-state index contributed by atoms with van der Waals surface area (Å²) in [6.45, 7) is 16.0. The van der Waals surface area contributed by atoms with Gasteiger partial charge in [0.15, 0.2) is 0 Å². The molecule has 0 spiro atoms. The van der Waals surface area contributed by atoms with Crippen molar-refractivity contribution in [3.05, 3.63) is 121 Å². The van der Waals surface area contributed by atoms with Crippen molar-refractivity contribution in [3.8, 4) is 11.1 Å². The molecule has 0 saturated carbocycles. The first-order chi connectivity index (χ1) is 17.2. The number of pyridine rings is 1. The van der Waals surface area contributed by atoms with Crippen LogP contribution in [0.2, 0.25) is 0 Å². The van der Waals surface area contributed by atoms with E-state index in [-0.39, 0.29) is 0 Å². The van der Waals surface area contributed by atoms with E-state index in [4.69, 9.17) is 4.98 Å². The fourth-order valence-electron chi connectivity index (χ4n) is 4.63. The summed E-state index contributed by atoms with van der Waals surface area (Å²) in [7, 11) is 0. The van der Waals surface area contributed by atoms with Gasteiger partial charge in [-0.05, 0) is 71.8 Å². The van der Waals surface area contributed by atoms with Crippen molar-refractivity contribution in [2.45, 2.75) is 27.7 Å². The molecule has 0 amide bonds. The predicted molar refractivity (Wildman–Crippen MR) is 155 cm³/mol. The first-order valence-electron chi connectivity index (χ1n) is 12.2. The zero-order valence-electron chi connectivity index (χ0n) is 21.0. The summed E-state index contributed by atoms with van der Waals surface area (Å²) in [6.07, 6.45) is 9.89. The minimum absolute atomic E-state index is 0.981. The highest BCUT2D eigenvalue weighted by Crippen LogP contribution is 2.35. The van der Waals surface area contributed by atoms with Gasteiger partial charge in [0.25, 0.3) is 0 Å². The lowest BCUT2D eigenvalue weighted by atomic mass is 9.96. The van der Waals surface area contributed by atoms with Gasteiger partial charge in [0.1, 0.15) is 5.65 Å². The topological polar surface area (TPSA) is 17.3 Å². The van der Waals surface area contributed by atoms with Gasteiger partial charge in [-0.3, -0.25) is 4.40 Å². The van der Waals surface area contributed by atoms with Crippen molar-refractivity contribution in [1.82, 2.24) is 9.38 Å². The molecule has 2 heteroatoms. The molecule has 5 rings (SSSR count). The Morgan fingerprint density at radius 2 is 1.63 bits per heavy atom. The number of aromatic nitrogens is 2. The van der Waals surface area contributed by atoms with Gasteiger partial charge in [-0.2, -0.15) is 0 Å². The van der Waals surface area contributed by atoms with Crippen molar-refractivity contribution in [2.75, 3.05) is 0 Å². The lowest BCUT2D eigenvalue weighted by Gasteiger charge is -2.13. The molecule has 0 atom stereocenters. The molecular formula is C33H32N2. The van der Waals surface area contributed by atoms with Gasteiger partial charge < -0.3 is 0 Å². The van der Waals surface area contributed by atoms with Gasteiger partial charge in [-0.25, -0.2) is 4.98 Å². The first kappa shape index (κ1) is 24.0. The van der Waals surface area contributed by atoms with Gasteiger partial charge in [-0.1, -0.05) is 93.8 Å². The molecule has 0 aliphatic carbocycles. The number of fused-ring (bicyclic) bond motifs is 6. The molecule has 2 aromatic heterocycles. The van der Waals surface area contributed by atoms with Crippen LogP contribution in [0.5, 0.6) is 0 Å². The van der Waals surface area contributed by atoms with E-state index in [1.165, 1.54) is 21.9 Å². The second-order valence-corrected chi connectivity index (χ2v) is 8.16. The molecule has 0 N–H and O–H groups in total. The fraction of sp³-hybridized carbons (Fsp3) is 0.121. The predicted octanol–water partition coefficient (Wildman–Crippen LogP) is 9.43. The third-order valence-electron chi connectivity index (χ3n) is 6.17. The van der Waals surface area contributed by atoms with Crippen LogP contribution < -0.4 is 0 Å². The van der Waals surface area contributed by atoms with Gasteiger partial charge in [-0.15, -0.1) is 0 Å². The standard InChI is InChI=1S/C31H26N2.C2H6/c1-5-11-22(7-3)24-15-17-26-27(19-24)28-20-25(23-13-9-8-10-14-23)16-18-30(28)33-29(12-6-2)21(4)32-31(26)33;1-2/h5-20H,1,3H2,2,4H3;1-2H3/b12-6-,22-11+;. The van der Waals surface area contributed by atoms with Crippen molar-refractivity contribution in [2.24, 2.45) is 0 Å². The Hall–Kier alpha value is -4.17. The quantitative estimate of drug-likeness (QED) is 0.190. The second kappa shape index (κ2) is 10.4. The molecule has 0 fully saturated rings. The van der Waals surface area contributed by atoms with Crippen LogP contribution >= 0.6 is 0 Å². The Morgan fingerprint density at radius 1 is 0.857 bits per heavy atom. The highest BCUT2D eigenvalue weighted by molar-refractivity contribution is 6.14. The molecule has 0 unspecified atom stereocenters. The molecule has 0 aliphatic heterocycles. The molecule has 0 saturated heterocycles. The maximum absolute atomic E-state index is 4.98. The van der Waals surface area contributed by atoms with E-state index in [9.17, 15) is 0 Å². The molecule has 35 heavy (non-hydrogen) atoms. The summed E-state index contributed by atoms with van der Waals surface area (Å²) in [6, 6.07) is 23.8. The van der Waals surface area contributed by atoms with Crippen LogP contribution in [0.3, 0.4) is 0 Å². The second-order valence-electron chi connectivity index (χ2n) is 8.16. The number of allylic oxidation sites excluding steroid dienone is 5. The van der Waals surface area contributed by atoms with Crippen LogP contribution in [-0.4, -0.2) is 9.38 Å². The maximum atomic E-state index is 4.98. The van der Waals surface area contributed by atoms with E-state index >= 15 is 0 Å². The van der Waals surface area contributed by atoms with Crippen LogP contribution in [0.4, 0.5) is 0 Å². The van der Waals surface area contributed by atoms with Crippen LogP contribution in [0.25, 0.3) is 50.1 Å². The van der Waals surface area contributed by atoms with E-state index in [0.717, 1.165) is 39.1 Å². The van der Waals surface area contributed by atoms with E-state index in [2.05, 4.69) is 103 Å². The van der Waals surface area contributed by atoms with E-state index in [1.54, 1.807) is 6.08 Å². The van der Waals surface area contributed by atoms with Crippen molar-refractivity contribution in [3.63, 3.8) is 0 Å². The summed E-state index contributed by atoms with van der Waals surface area (Å²) in [5.74, 6) is 0. The minimum atomic E-state index is 0.981. The van der Waals surface area contributed by atoms with Gasteiger partial charge in [0.05, 0.1) is 16.9 Å². The van der Waals surface area contributed by atoms with Crippen molar-refractivity contribution in [1.29, 1.82) is 0 Å². The van der Waals surface area contributed by atoms with Gasteiger partial charge >= 0.3 is 0 Å². The monoisotopic (exact) mass is 456 g/mol. The maximum Gasteiger partial charge on any atom is 0.145 e. The largest absolute Gasteiger partial charge is 0.292 e. The lowest BCUT2D eigenvalue weighted by molar-refractivity contribution is 1.23. The zero-order chi connectivity index (χ0) is 24.9. The van der Waals surface area contributed by atoms with Gasteiger partial charge in [0, 0.05) is 10.8 Å². The summed E-state index contributed by atoms with van der Waals surface area (Å²) in [5, 5.41) is 3.52. The lowest BCUT2D eigenvalue weighted by Crippen LogP contribution is -1.95. The van der Waals surface area contributed by atoms with Crippen LogP contribution in [0.15, 0.2) is 104 Å². The Kier molecular flexibility index (Phi) is 7.12. The molecule has 0 radical (unpaired) electrons. The average molecular weight is 457 g/mol. The van der Waals surface area contributed by atoms with E-state index in [0.29, 0.717) is 0 Å². The third kappa shape index (κ3) is 4.24.